The standard InChI is InChI=1S/C32H32BrN3O5/c33-30-9-1-2-10-31(30)40-17-15-39-16-18-41-32-25(13-11-23-5-3-7-27(34)19-23)21-29(36(37)38)22-26(32)14-12-24-6-4-8-28(35)20-24/h3-8,19-22,30-31H,1-2,9-10,15-18,34-35H2/t30-,31-/m1/s1. The summed E-state index contributed by atoms with van der Waals surface area (Å²) in [4.78, 5) is 11.7. The van der Waals surface area contributed by atoms with Gasteiger partial charge in [0.15, 0.2) is 5.75 Å². The highest BCUT2D eigenvalue weighted by molar-refractivity contribution is 9.09. The van der Waals surface area contributed by atoms with Crippen LogP contribution in [0.5, 0.6) is 5.75 Å². The number of anilines is 2. The van der Waals surface area contributed by atoms with Crippen LogP contribution in [0.25, 0.3) is 0 Å². The van der Waals surface area contributed by atoms with E-state index in [4.69, 9.17) is 25.7 Å². The highest BCUT2D eigenvalue weighted by atomic mass is 79.9. The number of rotatable bonds is 9. The second-order valence-corrected chi connectivity index (χ2v) is 10.7. The topological polar surface area (TPSA) is 123 Å². The monoisotopic (exact) mass is 617 g/mol. The lowest BCUT2D eigenvalue weighted by atomic mass is 9.98. The summed E-state index contributed by atoms with van der Waals surface area (Å²) >= 11 is 3.70. The van der Waals surface area contributed by atoms with E-state index >= 15 is 0 Å². The second kappa shape index (κ2) is 15.1. The minimum absolute atomic E-state index is 0.146. The Morgan fingerprint density at radius 2 is 1.41 bits per heavy atom. The number of hydrogen-bond donors (Lipinski definition) is 2. The van der Waals surface area contributed by atoms with Crippen LogP contribution >= 0.6 is 15.9 Å². The molecular weight excluding hydrogens is 586 g/mol. The van der Waals surface area contributed by atoms with Crippen LogP contribution in [-0.2, 0) is 9.47 Å². The number of nitro benzene ring substituents is 1. The number of nitro groups is 1. The second-order valence-electron chi connectivity index (χ2n) is 9.55. The van der Waals surface area contributed by atoms with Crippen molar-refractivity contribution in [3.05, 3.63) is 93.0 Å². The zero-order chi connectivity index (χ0) is 29.0. The molecule has 212 valence electrons. The Bertz CT molecular complexity index is 1400. The van der Waals surface area contributed by atoms with E-state index in [0.717, 1.165) is 12.8 Å². The highest BCUT2D eigenvalue weighted by Gasteiger charge is 2.23. The number of nitrogens with two attached hydrogens (primary N) is 2. The molecule has 0 aliphatic heterocycles. The number of halogens is 1. The smallest absolute Gasteiger partial charge is 0.272 e. The molecule has 0 amide bonds. The quantitative estimate of drug-likeness (QED) is 0.0791. The fourth-order valence-electron chi connectivity index (χ4n) is 4.37. The van der Waals surface area contributed by atoms with Crippen LogP contribution in [-0.4, -0.2) is 42.3 Å². The molecule has 1 aliphatic rings. The first-order valence-electron chi connectivity index (χ1n) is 13.4. The first-order chi connectivity index (χ1) is 19.9. The van der Waals surface area contributed by atoms with Crippen molar-refractivity contribution in [1.82, 2.24) is 0 Å². The summed E-state index contributed by atoms with van der Waals surface area (Å²) in [6, 6.07) is 16.9. The molecule has 1 saturated carbocycles. The van der Waals surface area contributed by atoms with Crippen LogP contribution in [0.1, 0.15) is 47.9 Å². The van der Waals surface area contributed by atoms with Gasteiger partial charge in [-0.2, -0.15) is 0 Å². The maximum atomic E-state index is 11.8. The number of benzene rings is 3. The number of hydrogen-bond acceptors (Lipinski definition) is 7. The third kappa shape index (κ3) is 9.26. The highest BCUT2D eigenvalue weighted by Crippen LogP contribution is 2.29. The average molecular weight is 619 g/mol. The van der Waals surface area contributed by atoms with E-state index in [2.05, 4.69) is 39.6 Å². The fourth-order valence-corrected chi connectivity index (χ4v) is 5.12. The molecule has 0 heterocycles. The Hall–Kier alpha value is -4.02. The summed E-state index contributed by atoms with van der Waals surface area (Å²) in [7, 11) is 0. The number of nitrogens with zero attached hydrogens (tertiary/aromatic N) is 1. The molecule has 3 aromatic rings. The molecule has 1 aliphatic carbocycles. The van der Waals surface area contributed by atoms with Crippen LogP contribution < -0.4 is 16.2 Å². The number of ether oxygens (including phenoxy) is 3. The Morgan fingerprint density at radius 1 is 0.829 bits per heavy atom. The number of alkyl halides is 1. The van der Waals surface area contributed by atoms with Crippen LogP contribution in [0.2, 0.25) is 0 Å². The molecule has 0 radical (unpaired) electrons. The van der Waals surface area contributed by atoms with Crippen molar-refractivity contribution in [2.45, 2.75) is 36.6 Å². The van der Waals surface area contributed by atoms with Crippen molar-refractivity contribution in [1.29, 1.82) is 0 Å². The lowest BCUT2D eigenvalue weighted by Crippen LogP contribution is -2.29. The molecule has 0 aromatic heterocycles. The van der Waals surface area contributed by atoms with Gasteiger partial charge in [-0.15, -0.1) is 0 Å². The Balaban J connectivity index is 1.52. The number of nitrogen functional groups attached to an aromatic ring is 2. The van der Waals surface area contributed by atoms with Gasteiger partial charge >= 0.3 is 0 Å². The van der Waals surface area contributed by atoms with E-state index in [1.165, 1.54) is 25.0 Å². The van der Waals surface area contributed by atoms with Crippen molar-refractivity contribution in [3.8, 4) is 29.4 Å². The molecule has 4 N–H and O–H groups in total. The predicted molar refractivity (Wildman–Crippen MR) is 164 cm³/mol. The van der Waals surface area contributed by atoms with Gasteiger partial charge in [-0.05, 0) is 49.2 Å². The van der Waals surface area contributed by atoms with E-state index in [9.17, 15) is 10.1 Å². The van der Waals surface area contributed by atoms with Crippen molar-refractivity contribution >= 4 is 33.0 Å². The molecule has 0 saturated heterocycles. The maximum Gasteiger partial charge on any atom is 0.272 e. The summed E-state index contributed by atoms with van der Waals surface area (Å²) in [6.45, 7) is 1.43. The van der Waals surface area contributed by atoms with Crippen LogP contribution in [0.15, 0.2) is 60.7 Å². The van der Waals surface area contributed by atoms with Crippen LogP contribution in [0.4, 0.5) is 17.1 Å². The predicted octanol–water partition coefficient (Wildman–Crippen LogP) is 5.68. The summed E-state index contributed by atoms with van der Waals surface area (Å²) in [5.41, 5.74) is 14.8. The van der Waals surface area contributed by atoms with E-state index in [1.807, 2.05) is 12.1 Å². The summed E-state index contributed by atoms with van der Waals surface area (Å²) < 4.78 is 17.8. The van der Waals surface area contributed by atoms with Gasteiger partial charge in [0.1, 0.15) is 6.61 Å². The Kier molecular flexibility index (Phi) is 11.0. The van der Waals surface area contributed by atoms with Crippen molar-refractivity contribution in [2.75, 3.05) is 37.9 Å². The molecule has 0 spiro atoms. The third-order valence-electron chi connectivity index (χ3n) is 6.40. The molecular formula is C32H32BrN3O5. The van der Waals surface area contributed by atoms with Crippen LogP contribution in [0.3, 0.4) is 0 Å². The maximum absolute atomic E-state index is 11.8. The van der Waals surface area contributed by atoms with Crippen molar-refractivity contribution in [3.63, 3.8) is 0 Å². The molecule has 0 bridgehead atoms. The lowest BCUT2D eigenvalue weighted by molar-refractivity contribution is -0.384. The van der Waals surface area contributed by atoms with Gasteiger partial charge < -0.3 is 25.7 Å². The number of non-ortho nitro benzene ring substituents is 1. The van der Waals surface area contributed by atoms with E-state index in [-0.39, 0.29) is 18.4 Å². The van der Waals surface area contributed by atoms with E-state index in [1.54, 1.807) is 36.4 Å². The van der Waals surface area contributed by atoms with Gasteiger partial charge in [-0.1, -0.05) is 64.6 Å². The minimum atomic E-state index is -0.478. The minimum Gasteiger partial charge on any atom is -0.489 e. The fraction of sp³-hybridized carbons (Fsp3) is 0.312. The molecule has 41 heavy (non-hydrogen) atoms. The van der Waals surface area contributed by atoms with E-state index < -0.39 is 4.92 Å². The SMILES string of the molecule is Nc1cccc(C#Cc2cc([N+](=O)[O-])cc(C#Cc3cccc(N)c3)c2OCCOCCO[C@@H]2CCCC[C@H]2Br)c1. The molecule has 0 unspecified atom stereocenters. The summed E-state index contributed by atoms with van der Waals surface area (Å²) in [5.74, 6) is 12.4. The van der Waals surface area contributed by atoms with Crippen molar-refractivity contribution in [2.24, 2.45) is 0 Å². The van der Waals surface area contributed by atoms with Gasteiger partial charge in [0.2, 0.25) is 0 Å². The van der Waals surface area contributed by atoms with Gasteiger partial charge in [-0.25, -0.2) is 0 Å². The van der Waals surface area contributed by atoms with Gasteiger partial charge in [0.25, 0.3) is 5.69 Å². The third-order valence-corrected chi connectivity index (χ3v) is 7.44. The first kappa shape index (κ1) is 30.0. The molecule has 3 aromatic carbocycles. The largest absolute Gasteiger partial charge is 0.489 e. The first-order valence-corrected chi connectivity index (χ1v) is 14.3. The lowest BCUT2D eigenvalue weighted by Gasteiger charge is -2.27. The average Bonchev–Trinajstić information content (AvgIpc) is 2.95. The zero-order valence-electron chi connectivity index (χ0n) is 22.6. The molecule has 8 nitrogen and oxygen atoms in total. The summed E-state index contributed by atoms with van der Waals surface area (Å²) in [5, 5.41) is 11.8. The van der Waals surface area contributed by atoms with Crippen molar-refractivity contribution < 1.29 is 19.1 Å². The Labute approximate surface area is 248 Å². The Morgan fingerprint density at radius 3 is 1.98 bits per heavy atom. The molecule has 2 atom stereocenters. The summed E-state index contributed by atoms with van der Waals surface area (Å²) in [6.07, 6.45) is 4.80. The van der Waals surface area contributed by atoms with Gasteiger partial charge in [0.05, 0.1) is 42.0 Å². The normalized spacial score (nSPS) is 16.1. The molecule has 9 heteroatoms. The van der Waals surface area contributed by atoms with Crippen LogP contribution in [0, 0.1) is 33.8 Å². The molecule has 1 fully saturated rings. The zero-order valence-corrected chi connectivity index (χ0v) is 24.2. The van der Waals surface area contributed by atoms with E-state index in [0.29, 0.717) is 64.0 Å². The van der Waals surface area contributed by atoms with Gasteiger partial charge in [0, 0.05) is 39.5 Å². The molecule has 4 rings (SSSR count). The van der Waals surface area contributed by atoms with Gasteiger partial charge in [-0.3, -0.25) is 10.1 Å².